The molecule has 5 heteroatoms. The molecule has 1 saturated carbocycles. The van der Waals surface area contributed by atoms with E-state index in [2.05, 4.69) is 0 Å². The molecule has 0 radical (unpaired) electrons. The average Bonchev–Trinajstić information content (AvgIpc) is 2.46. The molecule has 2 N–H and O–H groups in total. The molecular formula is C16H20F3NS. The van der Waals surface area contributed by atoms with Crippen molar-refractivity contribution in [1.29, 1.82) is 0 Å². The van der Waals surface area contributed by atoms with E-state index in [9.17, 15) is 13.2 Å². The first-order valence-electron chi connectivity index (χ1n) is 7.24. The van der Waals surface area contributed by atoms with Crippen LogP contribution in [-0.4, -0.2) is 12.1 Å². The van der Waals surface area contributed by atoms with Crippen LogP contribution in [-0.2, 0) is 0 Å². The van der Waals surface area contributed by atoms with Gasteiger partial charge in [-0.25, -0.2) is 0 Å². The van der Waals surface area contributed by atoms with E-state index in [0.29, 0.717) is 12.5 Å². The van der Waals surface area contributed by atoms with Gasteiger partial charge in [0.2, 0.25) is 0 Å². The van der Waals surface area contributed by atoms with Crippen LogP contribution >= 0.6 is 11.8 Å². The Labute approximate surface area is 127 Å². The Bertz CT molecular complexity index is 473. The molecule has 0 spiro atoms. The van der Waals surface area contributed by atoms with E-state index in [4.69, 9.17) is 5.73 Å². The summed E-state index contributed by atoms with van der Waals surface area (Å²) in [7, 11) is 0. The normalized spacial score (nSPS) is 18.0. The van der Waals surface area contributed by atoms with Crippen molar-refractivity contribution in [3.8, 4) is 0 Å². The van der Waals surface area contributed by atoms with E-state index in [-0.39, 0.29) is 16.7 Å². The molecule has 0 aliphatic heterocycles. The fourth-order valence-corrected chi connectivity index (χ4v) is 3.34. The summed E-state index contributed by atoms with van der Waals surface area (Å²) in [5, 5.41) is 0. The zero-order valence-electron chi connectivity index (χ0n) is 11.8. The minimum atomic E-state index is -4.23. The van der Waals surface area contributed by atoms with E-state index in [0.717, 1.165) is 5.56 Å². The first-order chi connectivity index (χ1) is 9.98. The Hall–Kier alpha value is -0.940. The summed E-state index contributed by atoms with van der Waals surface area (Å²) < 4.78 is 36.9. The molecule has 1 aliphatic rings. The van der Waals surface area contributed by atoms with Crippen LogP contribution in [0, 0.1) is 5.92 Å². The molecule has 1 aliphatic carbocycles. The van der Waals surface area contributed by atoms with Crippen molar-refractivity contribution in [3.63, 3.8) is 0 Å². The summed E-state index contributed by atoms with van der Waals surface area (Å²) in [4.78, 5) is 0.214. The van der Waals surface area contributed by atoms with Crippen LogP contribution in [0.15, 0.2) is 34.7 Å². The topological polar surface area (TPSA) is 26.0 Å². The molecule has 1 aromatic carbocycles. The molecule has 1 fully saturated rings. The molecule has 0 saturated heterocycles. The summed E-state index contributed by atoms with van der Waals surface area (Å²) in [5.41, 5.74) is 3.75. The lowest BCUT2D eigenvalue weighted by Crippen LogP contribution is -2.16. The monoisotopic (exact) mass is 315 g/mol. The zero-order valence-corrected chi connectivity index (χ0v) is 12.6. The molecule has 1 aromatic rings. The maximum atomic E-state index is 12.3. The number of alkyl halides is 3. The molecule has 21 heavy (non-hydrogen) atoms. The SMILES string of the molecule is NC/C(=C/c1ccc(SC(F)(F)F)cc1)C1CCCCC1. The van der Waals surface area contributed by atoms with E-state index >= 15 is 0 Å². The Kier molecular flexibility index (Phi) is 5.76. The lowest BCUT2D eigenvalue weighted by molar-refractivity contribution is -0.0328. The maximum Gasteiger partial charge on any atom is 0.446 e. The summed E-state index contributed by atoms with van der Waals surface area (Å²) in [6.45, 7) is 0.518. The Morgan fingerprint density at radius 3 is 2.29 bits per heavy atom. The fourth-order valence-electron chi connectivity index (χ4n) is 2.80. The molecule has 0 heterocycles. The predicted molar refractivity (Wildman–Crippen MR) is 82.0 cm³/mol. The number of benzene rings is 1. The van der Waals surface area contributed by atoms with Crippen LogP contribution in [0.4, 0.5) is 13.2 Å². The van der Waals surface area contributed by atoms with Gasteiger partial charge in [-0.1, -0.05) is 43.0 Å². The molecule has 0 bridgehead atoms. The number of nitrogens with two attached hydrogens (primary N) is 1. The van der Waals surface area contributed by atoms with Crippen LogP contribution in [0.25, 0.3) is 6.08 Å². The molecule has 116 valence electrons. The van der Waals surface area contributed by atoms with Gasteiger partial charge in [0.1, 0.15) is 0 Å². The summed E-state index contributed by atoms with van der Waals surface area (Å²) in [6, 6.07) is 6.48. The van der Waals surface area contributed by atoms with Crippen LogP contribution in [0.3, 0.4) is 0 Å². The highest BCUT2D eigenvalue weighted by molar-refractivity contribution is 8.00. The highest BCUT2D eigenvalue weighted by Gasteiger charge is 2.29. The molecule has 0 aromatic heterocycles. The summed E-state index contributed by atoms with van der Waals surface area (Å²) >= 11 is -0.0832. The molecule has 2 rings (SSSR count). The average molecular weight is 315 g/mol. The molecule has 0 atom stereocenters. The van der Waals surface area contributed by atoms with Gasteiger partial charge in [-0.05, 0) is 48.2 Å². The van der Waals surface area contributed by atoms with Gasteiger partial charge in [0.05, 0.1) is 0 Å². The number of hydrogen-bond donors (Lipinski definition) is 1. The Morgan fingerprint density at radius 1 is 1.14 bits per heavy atom. The smallest absolute Gasteiger partial charge is 0.327 e. The second-order valence-electron chi connectivity index (χ2n) is 5.38. The largest absolute Gasteiger partial charge is 0.446 e. The van der Waals surface area contributed by atoms with Gasteiger partial charge in [0, 0.05) is 11.4 Å². The van der Waals surface area contributed by atoms with E-state index in [1.165, 1.54) is 49.8 Å². The van der Waals surface area contributed by atoms with Gasteiger partial charge in [0.15, 0.2) is 0 Å². The quantitative estimate of drug-likeness (QED) is 0.771. The zero-order chi connectivity index (χ0) is 15.3. The third-order valence-corrected chi connectivity index (χ3v) is 4.57. The molecular weight excluding hydrogens is 295 g/mol. The Morgan fingerprint density at radius 2 is 1.76 bits per heavy atom. The third-order valence-electron chi connectivity index (χ3n) is 3.83. The lowest BCUT2D eigenvalue weighted by Gasteiger charge is -2.24. The minimum absolute atomic E-state index is 0.0832. The standard InChI is InChI=1S/C16H20F3NS/c17-16(18,19)21-15-8-6-12(7-9-15)10-14(11-20)13-4-2-1-3-5-13/h6-10,13H,1-5,11,20H2/b14-10-. The van der Waals surface area contributed by atoms with Crippen molar-refractivity contribution in [2.75, 3.05) is 6.54 Å². The first-order valence-corrected chi connectivity index (χ1v) is 8.06. The van der Waals surface area contributed by atoms with E-state index in [1.54, 1.807) is 12.1 Å². The number of hydrogen-bond acceptors (Lipinski definition) is 2. The van der Waals surface area contributed by atoms with Gasteiger partial charge >= 0.3 is 5.51 Å². The summed E-state index contributed by atoms with van der Waals surface area (Å²) in [5.74, 6) is 0.535. The van der Waals surface area contributed by atoms with Crippen molar-refractivity contribution in [2.45, 2.75) is 42.5 Å². The number of halogens is 3. The Balaban J connectivity index is 2.07. The van der Waals surface area contributed by atoms with Crippen molar-refractivity contribution < 1.29 is 13.2 Å². The van der Waals surface area contributed by atoms with Crippen molar-refractivity contribution in [3.05, 3.63) is 35.4 Å². The van der Waals surface area contributed by atoms with E-state index in [1.807, 2.05) is 6.08 Å². The molecule has 0 amide bonds. The highest BCUT2D eigenvalue weighted by atomic mass is 32.2. The van der Waals surface area contributed by atoms with Crippen molar-refractivity contribution >= 4 is 17.8 Å². The van der Waals surface area contributed by atoms with Gasteiger partial charge < -0.3 is 5.73 Å². The fraction of sp³-hybridized carbons (Fsp3) is 0.500. The molecule has 0 unspecified atom stereocenters. The first kappa shape index (κ1) is 16.4. The second-order valence-corrected chi connectivity index (χ2v) is 6.51. The summed E-state index contributed by atoms with van der Waals surface area (Å²) in [6.07, 6.45) is 8.15. The number of rotatable bonds is 4. The number of thioether (sulfide) groups is 1. The van der Waals surface area contributed by atoms with Gasteiger partial charge in [-0.3, -0.25) is 0 Å². The maximum absolute atomic E-state index is 12.3. The van der Waals surface area contributed by atoms with Gasteiger partial charge in [-0.2, -0.15) is 13.2 Å². The van der Waals surface area contributed by atoms with Crippen LogP contribution < -0.4 is 5.73 Å². The minimum Gasteiger partial charge on any atom is -0.327 e. The van der Waals surface area contributed by atoms with E-state index < -0.39 is 5.51 Å². The van der Waals surface area contributed by atoms with Crippen LogP contribution in [0.2, 0.25) is 0 Å². The lowest BCUT2D eigenvalue weighted by atomic mass is 9.83. The van der Waals surface area contributed by atoms with Crippen LogP contribution in [0.5, 0.6) is 0 Å². The van der Waals surface area contributed by atoms with Crippen molar-refractivity contribution in [2.24, 2.45) is 11.7 Å². The second kappa shape index (κ2) is 7.36. The predicted octanol–water partition coefficient (Wildman–Crippen LogP) is 5.22. The third kappa shape index (κ3) is 5.40. The van der Waals surface area contributed by atoms with Gasteiger partial charge in [0.25, 0.3) is 0 Å². The van der Waals surface area contributed by atoms with Gasteiger partial charge in [-0.15, -0.1) is 0 Å². The van der Waals surface area contributed by atoms with Crippen LogP contribution in [0.1, 0.15) is 37.7 Å². The van der Waals surface area contributed by atoms with Crippen molar-refractivity contribution in [1.82, 2.24) is 0 Å². The molecule has 1 nitrogen and oxygen atoms in total. The highest BCUT2D eigenvalue weighted by Crippen LogP contribution is 2.37.